The van der Waals surface area contributed by atoms with Crippen LogP contribution in [-0.2, 0) is 0 Å². The minimum Gasteiger partial charge on any atom is -0.497 e. The average molecular weight is 332 g/mol. The highest BCUT2D eigenvalue weighted by atomic mass is 32.1. The van der Waals surface area contributed by atoms with Crippen molar-refractivity contribution in [2.24, 2.45) is 0 Å². The van der Waals surface area contributed by atoms with Crippen molar-refractivity contribution in [1.29, 1.82) is 0 Å². The van der Waals surface area contributed by atoms with Crippen molar-refractivity contribution >= 4 is 11.3 Å². The monoisotopic (exact) mass is 332 g/mol. The van der Waals surface area contributed by atoms with Crippen LogP contribution in [0.25, 0.3) is 20.9 Å². The first-order valence-corrected chi connectivity index (χ1v) is 7.71. The normalized spacial score (nSPS) is 10.6. The molecule has 0 saturated carbocycles. The van der Waals surface area contributed by atoms with Crippen LogP contribution < -0.4 is 9.47 Å². The summed E-state index contributed by atoms with van der Waals surface area (Å²) < 4.78 is 38.3. The molecule has 2 aromatic carbocycles. The smallest absolute Gasteiger partial charge is 0.135 e. The number of methoxy groups -OCH3 is 2. The first-order chi connectivity index (χ1) is 11.1. The largest absolute Gasteiger partial charge is 0.497 e. The van der Waals surface area contributed by atoms with Gasteiger partial charge < -0.3 is 9.47 Å². The van der Waals surface area contributed by atoms with Crippen LogP contribution in [0.1, 0.15) is 0 Å². The van der Waals surface area contributed by atoms with Gasteiger partial charge >= 0.3 is 0 Å². The summed E-state index contributed by atoms with van der Waals surface area (Å²) in [6.07, 6.45) is 0. The molecule has 0 unspecified atom stereocenters. The summed E-state index contributed by atoms with van der Waals surface area (Å²) in [5.41, 5.74) is 0.937. The molecule has 0 bridgehead atoms. The highest BCUT2D eigenvalue weighted by Gasteiger charge is 2.13. The Morgan fingerprint density at radius 2 is 1.13 bits per heavy atom. The van der Waals surface area contributed by atoms with Crippen molar-refractivity contribution < 1.29 is 18.3 Å². The molecule has 3 aromatic rings. The van der Waals surface area contributed by atoms with Crippen molar-refractivity contribution in [3.05, 3.63) is 60.2 Å². The van der Waals surface area contributed by atoms with Gasteiger partial charge in [0.05, 0.1) is 14.2 Å². The predicted molar refractivity (Wildman–Crippen MR) is 88.2 cm³/mol. The Bertz CT molecular complexity index is 775. The summed E-state index contributed by atoms with van der Waals surface area (Å²) in [5.74, 6) is 0.189. The third kappa shape index (κ3) is 3.05. The fourth-order valence-electron chi connectivity index (χ4n) is 2.27. The molecule has 2 nitrogen and oxygen atoms in total. The lowest BCUT2D eigenvalue weighted by Crippen LogP contribution is -1.86. The third-order valence-electron chi connectivity index (χ3n) is 3.49. The summed E-state index contributed by atoms with van der Waals surface area (Å²) in [4.78, 5) is 1.46. The molecule has 3 rings (SSSR count). The van der Waals surface area contributed by atoms with Crippen LogP contribution in [0.3, 0.4) is 0 Å². The number of halogens is 2. The zero-order chi connectivity index (χ0) is 16.4. The Labute approximate surface area is 136 Å². The van der Waals surface area contributed by atoms with E-state index in [1.165, 1.54) is 37.7 Å². The Morgan fingerprint density at radius 3 is 1.48 bits per heavy atom. The molecule has 0 spiro atoms. The fourth-order valence-corrected chi connectivity index (χ4v) is 3.33. The van der Waals surface area contributed by atoms with Crippen molar-refractivity contribution in [3.63, 3.8) is 0 Å². The van der Waals surface area contributed by atoms with Crippen LogP contribution in [0, 0.1) is 11.6 Å². The molecule has 0 N–H and O–H groups in total. The number of hydrogen-bond acceptors (Lipinski definition) is 3. The SMILES string of the molecule is COc1ccc(-c2ccc(-c3ccc(OC)cc3F)s2)c(F)c1. The average Bonchev–Trinajstić information content (AvgIpc) is 3.03. The molecule has 0 radical (unpaired) electrons. The zero-order valence-corrected chi connectivity index (χ0v) is 13.4. The van der Waals surface area contributed by atoms with Gasteiger partial charge in [0.1, 0.15) is 23.1 Å². The van der Waals surface area contributed by atoms with Crippen LogP contribution in [0.2, 0.25) is 0 Å². The Balaban J connectivity index is 1.97. The second-order valence-corrected chi connectivity index (χ2v) is 5.94. The first-order valence-electron chi connectivity index (χ1n) is 6.90. The van der Waals surface area contributed by atoms with E-state index >= 15 is 0 Å². The molecule has 0 atom stereocenters. The molecule has 23 heavy (non-hydrogen) atoms. The lowest BCUT2D eigenvalue weighted by Gasteiger charge is -2.04. The first kappa shape index (κ1) is 15.5. The second kappa shape index (κ2) is 6.38. The zero-order valence-electron chi connectivity index (χ0n) is 12.6. The van der Waals surface area contributed by atoms with Crippen molar-refractivity contribution in [3.8, 4) is 32.4 Å². The molecule has 0 aliphatic heterocycles. The highest BCUT2D eigenvalue weighted by Crippen LogP contribution is 2.38. The summed E-state index contributed by atoms with van der Waals surface area (Å²) >= 11 is 1.33. The highest BCUT2D eigenvalue weighted by molar-refractivity contribution is 7.18. The van der Waals surface area contributed by atoms with Gasteiger partial charge in [0.2, 0.25) is 0 Å². The van der Waals surface area contributed by atoms with Gasteiger partial charge in [0, 0.05) is 33.0 Å². The van der Waals surface area contributed by atoms with Gasteiger partial charge in [0.25, 0.3) is 0 Å². The Morgan fingerprint density at radius 1 is 0.696 bits per heavy atom. The standard InChI is InChI=1S/C18H14F2O2S/c1-21-11-3-5-13(15(19)9-11)17-7-8-18(23-17)14-6-4-12(22-2)10-16(14)20/h3-10H,1-2H3. The van der Waals surface area contributed by atoms with E-state index in [9.17, 15) is 8.78 Å². The maximum absolute atomic E-state index is 14.1. The number of thiophene rings is 1. The number of rotatable bonds is 4. The maximum atomic E-state index is 14.1. The lowest BCUT2D eigenvalue weighted by molar-refractivity contribution is 0.411. The van der Waals surface area contributed by atoms with E-state index in [4.69, 9.17) is 9.47 Å². The summed E-state index contributed by atoms with van der Waals surface area (Å²) in [6, 6.07) is 13.0. The molecular formula is C18H14F2O2S. The van der Waals surface area contributed by atoms with Gasteiger partial charge in [-0.15, -0.1) is 11.3 Å². The molecule has 0 amide bonds. The van der Waals surface area contributed by atoms with Gasteiger partial charge in [-0.3, -0.25) is 0 Å². The van der Waals surface area contributed by atoms with Gasteiger partial charge in [-0.25, -0.2) is 8.78 Å². The third-order valence-corrected chi connectivity index (χ3v) is 4.64. The number of ether oxygens (including phenoxy) is 2. The van der Waals surface area contributed by atoms with E-state index < -0.39 is 0 Å². The molecule has 0 aliphatic rings. The molecule has 0 saturated heterocycles. The number of hydrogen-bond donors (Lipinski definition) is 0. The van der Waals surface area contributed by atoms with Gasteiger partial charge in [-0.1, -0.05) is 0 Å². The van der Waals surface area contributed by atoms with Crippen LogP contribution in [0.15, 0.2) is 48.5 Å². The molecule has 1 aromatic heterocycles. The molecule has 0 fully saturated rings. The van der Waals surface area contributed by atoms with Crippen LogP contribution >= 0.6 is 11.3 Å². The van der Waals surface area contributed by atoms with Gasteiger partial charge in [-0.2, -0.15) is 0 Å². The van der Waals surface area contributed by atoms with E-state index in [0.717, 1.165) is 9.75 Å². The maximum Gasteiger partial charge on any atom is 0.135 e. The van der Waals surface area contributed by atoms with E-state index in [0.29, 0.717) is 22.6 Å². The molecule has 5 heteroatoms. The Kier molecular flexibility index (Phi) is 4.30. The van der Waals surface area contributed by atoms with Crippen molar-refractivity contribution in [2.75, 3.05) is 14.2 Å². The summed E-state index contributed by atoms with van der Waals surface area (Å²) in [7, 11) is 2.98. The molecule has 0 aliphatic carbocycles. The number of benzene rings is 2. The fraction of sp³-hybridized carbons (Fsp3) is 0.111. The minimum absolute atomic E-state index is 0.368. The van der Waals surface area contributed by atoms with Crippen LogP contribution in [0.4, 0.5) is 8.78 Å². The van der Waals surface area contributed by atoms with Crippen molar-refractivity contribution in [1.82, 2.24) is 0 Å². The minimum atomic E-state index is -0.368. The van der Waals surface area contributed by atoms with E-state index in [1.54, 1.807) is 36.4 Å². The van der Waals surface area contributed by atoms with E-state index in [-0.39, 0.29) is 11.6 Å². The molecule has 1 heterocycles. The lowest BCUT2D eigenvalue weighted by atomic mass is 10.1. The topological polar surface area (TPSA) is 18.5 Å². The van der Waals surface area contributed by atoms with Crippen molar-refractivity contribution in [2.45, 2.75) is 0 Å². The summed E-state index contributed by atoms with van der Waals surface area (Å²) in [6.45, 7) is 0. The molecular weight excluding hydrogens is 318 g/mol. The van der Waals surface area contributed by atoms with Crippen LogP contribution in [0.5, 0.6) is 11.5 Å². The van der Waals surface area contributed by atoms with Gasteiger partial charge in [-0.05, 0) is 36.4 Å². The Hall–Kier alpha value is -2.40. The molecule has 118 valence electrons. The van der Waals surface area contributed by atoms with E-state index in [2.05, 4.69) is 0 Å². The quantitative estimate of drug-likeness (QED) is 0.639. The van der Waals surface area contributed by atoms with E-state index in [1.807, 2.05) is 0 Å². The van der Waals surface area contributed by atoms with Gasteiger partial charge in [0.15, 0.2) is 0 Å². The predicted octanol–water partition coefficient (Wildman–Crippen LogP) is 5.38. The second-order valence-electron chi connectivity index (χ2n) is 4.86. The summed E-state index contributed by atoms with van der Waals surface area (Å²) in [5, 5.41) is 0. The van der Waals surface area contributed by atoms with Crippen LogP contribution in [-0.4, -0.2) is 14.2 Å².